The van der Waals surface area contributed by atoms with Crippen LogP contribution in [0.1, 0.15) is 42.6 Å². The number of ether oxygens (including phenoxy) is 1. The molecule has 37 heavy (non-hydrogen) atoms. The Labute approximate surface area is 213 Å². The largest absolute Gasteiger partial charge is 0.481 e. The highest BCUT2D eigenvalue weighted by molar-refractivity contribution is 5.86. The second kappa shape index (κ2) is 9.54. The van der Waals surface area contributed by atoms with Crippen LogP contribution in [0.25, 0.3) is 16.8 Å². The molecule has 188 valence electrons. The van der Waals surface area contributed by atoms with Crippen LogP contribution in [0.15, 0.2) is 79.0 Å². The zero-order valence-corrected chi connectivity index (χ0v) is 20.4. The Bertz CT molecular complexity index is 1460. The van der Waals surface area contributed by atoms with E-state index in [1.54, 1.807) is 19.1 Å². The van der Waals surface area contributed by atoms with Gasteiger partial charge in [0.25, 0.3) is 0 Å². The van der Waals surface area contributed by atoms with Crippen molar-refractivity contribution >= 4 is 17.9 Å². The number of aryl methyl sites for hydroxylation is 1. The lowest BCUT2D eigenvalue weighted by atomic mass is 9.91. The van der Waals surface area contributed by atoms with Gasteiger partial charge in [0.05, 0.1) is 17.3 Å². The number of carbonyl (C=O) groups excluding carboxylic acids is 1. The summed E-state index contributed by atoms with van der Waals surface area (Å²) in [4.78, 5) is 24.1. The maximum Gasteiger partial charge on any atom is 0.413 e. The molecule has 1 fully saturated rings. The maximum atomic E-state index is 14.5. The lowest BCUT2D eigenvalue weighted by Crippen LogP contribution is -2.19. The molecule has 2 N–H and O–H groups in total. The molecular weight excluding hydrogens is 473 g/mol. The zero-order chi connectivity index (χ0) is 26.2. The molecule has 0 radical (unpaired) electrons. The number of benzene rings is 3. The van der Waals surface area contributed by atoms with Gasteiger partial charge in [0.1, 0.15) is 6.10 Å². The van der Waals surface area contributed by atoms with Crippen molar-refractivity contribution in [2.24, 2.45) is 0 Å². The van der Waals surface area contributed by atoms with Gasteiger partial charge >= 0.3 is 12.1 Å². The molecule has 0 spiro atoms. The number of rotatable bonds is 7. The van der Waals surface area contributed by atoms with Crippen LogP contribution >= 0.6 is 0 Å². The normalized spacial score (nSPS) is 14.6. The lowest BCUT2D eigenvalue weighted by Gasteiger charge is -2.15. The molecule has 1 saturated carbocycles. The highest BCUT2D eigenvalue weighted by Crippen LogP contribution is 2.49. The van der Waals surface area contributed by atoms with E-state index in [-0.39, 0.29) is 5.82 Å². The minimum atomic E-state index is -0.792. The van der Waals surface area contributed by atoms with Crippen LogP contribution in [-0.2, 0) is 14.9 Å². The summed E-state index contributed by atoms with van der Waals surface area (Å²) < 4.78 is 21.2. The highest BCUT2D eigenvalue weighted by Gasteiger charge is 2.51. The van der Waals surface area contributed by atoms with Gasteiger partial charge in [-0.2, -0.15) is 5.10 Å². The predicted octanol–water partition coefficient (Wildman–Crippen LogP) is 6.41. The summed E-state index contributed by atoms with van der Waals surface area (Å²) in [5, 5.41) is 16.1. The number of halogens is 1. The molecule has 1 atom stereocenters. The number of anilines is 1. The first-order valence-corrected chi connectivity index (χ1v) is 12.0. The minimum Gasteiger partial charge on any atom is -0.481 e. The van der Waals surface area contributed by atoms with Crippen LogP contribution in [0, 0.1) is 12.7 Å². The monoisotopic (exact) mass is 499 g/mol. The molecular formula is C29H26FN3O4. The van der Waals surface area contributed by atoms with Gasteiger partial charge in [0, 0.05) is 0 Å². The Morgan fingerprint density at radius 3 is 2.41 bits per heavy atom. The van der Waals surface area contributed by atoms with E-state index in [1.807, 2.05) is 67.6 Å². The Morgan fingerprint density at radius 1 is 1.08 bits per heavy atom. The van der Waals surface area contributed by atoms with Crippen molar-refractivity contribution in [1.29, 1.82) is 0 Å². The van der Waals surface area contributed by atoms with Gasteiger partial charge in [0.2, 0.25) is 0 Å². The van der Waals surface area contributed by atoms with Crippen LogP contribution in [0.2, 0.25) is 0 Å². The van der Waals surface area contributed by atoms with Crippen LogP contribution in [-0.4, -0.2) is 26.9 Å². The summed E-state index contributed by atoms with van der Waals surface area (Å²) in [5.41, 5.74) is 4.32. The third kappa shape index (κ3) is 4.70. The van der Waals surface area contributed by atoms with Gasteiger partial charge in [-0.25, -0.2) is 13.9 Å². The maximum absolute atomic E-state index is 14.5. The van der Waals surface area contributed by atoms with Crippen molar-refractivity contribution in [3.8, 4) is 16.8 Å². The lowest BCUT2D eigenvalue weighted by molar-refractivity contribution is -0.140. The molecule has 0 aliphatic heterocycles. The molecule has 0 saturated heterocycles. The van der Waals surface area contributed by atoms with Gasteiger partial charge in [-0.1, -0.05) is 60.7 Å². The Morgan fingerprint density at radius 2 is 1.78 bits per heavy atom. The second-order valence-corrected chi connectivity index (χ2v) is 9.30. The fourth-order valence-corrected chi connectivity index (χ4v) is 4.53. The molecule has 5 rings (SSSR count). The molecule has 7 nitrogen and oxygen atoms in total. The van der Waals surface area contributed by atoms with E-state index in [0.29, 0.717) is 18.5 Å². The number of carboxylic acids is 1. The number of aromatic nitrogens is 2. The van der Waals surface area contributed by atoms with Crippen molar-refractivity contribution < 1.29 is 23.8 Å². The van der Waals surface area contributed by atoms with E-state index < -0.39 is 29.4 Å². The summed E-state index contributed by atoms with van der Waals surface area (Å²) >= 11 is 0. The highest BCUT2D eigenvalue weighted by atomic mass is 19.1. The Balaban J connectivity index is 1.33. The Hall–Kier alpha value is -4.46. The average Bonchev–Trinajstić information content (AvgIpc) is 3.64. The third-order valence-corrected chi connectivity index (χ3v) is 6.86. The predicted molar refractivity (Wildman–Crippen MR) is 137 cm³/mol. The smallest absolute Gasteiger partial charge is 0.413 e. The number of hydrogen-bond acceptors (Lipinski definition) is 4. The summed E-state index contributed by atoms with van der Waals surface area (Å²) in [5.74, 6) is -1.59. The van der Waals surface area contributed by atoms with Crippen LogP contribution < -0.4 is 5.32 Å². The van der Waals surface area contributed by atoms with Crippen molar-refractivity contribution in [3.63, 3.8) is 0 Å². The SMILES string of the molecule is Cc1cc(C2(C(=O)O)CC2)ccc1-c1ccc(-n2ncc(F)c2NC(=O)OC(C)c2ccccc2)cc1. The van der Waals surface area contributed by atoms with E-state index >= 15 is 0 Å². The Kier molecular flexibility index (Phi) is 6.25. The van der Waals surface area contributed by atoms with E-state index in [1.165, 1.54) is 4.68 Å². The first-order chi connectivity index (χ1) is 17.8. The molecule has 1 aromatic heterocycles. The number of aliphatic carboxylic acids is 1. The molecule has 1 aliphatic carbocycles. The number of amides is 1. The molecule has 0 bridgehead atoms. The fourth-order valence-electron chi connectivity index (χ4n) is 4.53. The number of nitrogens with one attached hydrogen (secondary N) is 1. The van der Waals surface area contributed by atoms with E-state index in [2.05, 4.69) is 10.4 Å². The standard InChI is InChI=1S/C29H26FN3O4/c1-18-16-22(29(14-15-29)27(34)35)10-13-24(18)21-8-11-23(12-9-21)33-26(25(30)17-31-33)32-28(36)37-19(2)20-6-4-3-5-7-20/h3-13,16-17,19H,14-15H2,1-2H3,(H,32,36)(H,34,35). The number of carboxylic acid groups (broad SMARTS) is 1. The summed E-state index contributed by atoms with van der Waals surface area (Å²) in [6, 6.07) is 22.3. The second-order valence-electron chi connectivity index (χ2n) is 9.30. The molecule has 8 heteroatoms. The van der Waals surface area contributed by atoms with Gasteiger partial charge in [-0.15, -0.1) is 0 Å². The van der Waals surface area contributed by atoms with Crippen molar-refractivity contribution in [2.45, 2.75) is 38.2 Å². The van der Waals surface area contributed by atoms with Crippen molar-refractivity contribution in [2.75, 3.05) is 5.32 Å². The van der Waals surface area contributed by atoms with Gasteiger partial charge in [-0.3, -0.25) is 10.1 Å². The summed E-state index contributed by atoms with van der Waals surface area (Å²) in [6.07, 6.45) is 1.04. The summed E-state index contributed by atoms with van der Waals surface area (Å²) in [6.45, 7) is 3.69. The van der Waals surface area contributed by atoms with Gasteiger partial charge in [-0.05, 0) is 66.6 Å². The first kappa shape index (κ1) is 24.2. The number of carbonyl (C=O) groups is 2. The molecule has 1 unspecified atom stereocenters. The van der Waals surface area contributed by atoms with E-state index in [0.717, 1.165) is 34.0 Å². The van der Waals surface area contributed by atoms with E-state index in [9.17, 15) is 19.1 Å². The van der Waals surface area contributed by atoms with E-state index in [4.69, 9.17) is 4.74 Å². The van der Waals surface area contributed by atoms with Crippen LogP contribution in [0.5, 0.6) is 0 Å². The van der Waals surface area contributed by atoms with Crippen LogP contribution in [0.4, 0.5) is 15.0 Å². The topological polar surface area (TPSA) is 93.5 Å². The van der Waals surface area contributed by atoms with Crippen molar-refractivity contribution in [1.82, 2.24) is 9.78 Å². The van der Waals surface area contributed by atoms with Gasteiger partial charge in [0.15, 0.2) is 11.6 Å². The number of nitrogens with zero attached hydrogens (tertiary/aromatic N) is 2. The van der Waals surface area contributed by atoms with Crippen LogP contribution in [0.3, 0.4) is 0 Å². The third-order valence-electron chi connectivity index (χ3n) is 6.86. The van der Waals surface area contributed by atoms with Crippen molar-refractivity contribution in [3.05, 3.63) is 102 Å². The fraction of sp³-hybridized carbons (Fsp3) is 0.207. The molecule has 1 aliphatic rings. The molecule has 1 amide bonds. The summed E-state index contributed by atoms with van der Waals surface area (Å²) in [7, 11) is 0. The molecule has 4 aromatic rings. The molecule has 1 heterocycles. The zero-order valence-electron chi connectivity index (χ0n) is 20.4. The van der Waals surface area contributed by atoms with Gasteiger partial charge < -0.3 is 9.84 Å². The quantitative estimate of drug-likeness (QED) is 0.306. The number of hydrogen-bond donors (Lipinski definition) is 2. The average molecular weight is 500 g/mol. The minimum absolute atomic E-state index is 0.123. The first-order valence-electron chi connectivity index (χ1n) is 12.0. The molecule has 3 aromatic carbocycles.